The number of hydrogen-bond acceptors (Lipinski definition) is 8. The number of anilines is 1. The van der Waals surface area contributed by atoms with E-state index in [2.05, 4.69) is 15.2 Å². The molecule has 0 bridgehead atoms. The fraction of sp³-hybridized carbons (Fsp3) is 0.500. The summed E-state index contributed by atoms with van der Waals surface area (Å²) in [7, 11) is 3.06. The van der Waals surface area contributed by atoms with Gasteiger partial charge in [-0.15, -0.1) is 11.3 Å². The molecular weight excluding hydrogens is 432 g/mol. The second-order valence-electron chi connectivity index (χ2n) is 7.46. The average Bonchev–Trinajstić information content (AvgIpc) is 3.12. The number of carbonyl (C=O) groups excluding carboxylic acids is 2. The zero-order valence-electron chi connectivity index (χ0n) is 19.0. The Labute approximate surface area is 192 Å². The van der Waals surface area contributed by atoms with Crippen molar-refractivity contribution in [1.82, 2.24) is 14.8 Å². The fourth-order valence-electron chi connectivity index (χ4n) is 3.34. The van der Waals surface area contributed by atoms with Crippen molar-refractivity contribution >= 4 is 28.3 Å². The summed E-state index contributed by atoms with van der Waals surface area (Å²) < 4.78 is 16.0. The lowest BCUT2D eigenvalue weighted by Gasteiger charge is -2.30. The molecule has 1 aliphatic heterocycles. The van der Waals surface area contributed by atoms with Gasteiger partial charge < -0.3 is 24.4 Å². The van der Waals surface area contributed by atoms with Gasteiger partial charge in [-0.2, -0.15) is 0 Å². The van der Waals surface area contributed by atoms with E-state index in [9.17, 15) is 9.59 Å². The highest BCUT2D eigenvalue weighted by Gasteiger charge is 2.24. The van der Waals surface area contributed by atoms with Crippen molar-refractivity contribution in [3.63, 3.8) is 0 Å². The van der Waals surface area contributed by atoms with Crippen LogP contribution in [0.1, 0.15) is 20.9 Å². The molecule has 0 saturated carbocycles. The van der Waals surface area contributed by atoms with Gasteiger partial charge in [-0.1, -0.05) is 0 Å². The molecule has 1 N–H and O–H groups in total. The van der Waals surface area contributed by atoms with Crippen LogP contribution in [0.5, 0.6) is 11.5 Å². The van der Waals surface area contributed by atoms with Crippen molar-refractivity contribution in [1.29, 1.82) is 0 Å². The zero-order chi connectivity index (χ0) is 23.1. The highest BCUT2D eigenvalue weighted by Crippen LogP contribution is 2.26. The second kappa shape index (κ2) is 11.3. The summed E-state index contributed by atoms with van der Waals surface area (Å²) in [4.78, 5) is 35.3. The quantitative estimate of drug-likeness (QED) is 0.611. The van der Waals surface area contributed by atoms with E-state index in [-0.39, 0.29) is 18.4 Å². The van der Waals surface area contributed by atoms with Gasteiger partial charge in [0.15, 0.2) is 5.13 Å². The molecule has 174 valence electrons. The van der Waals surface area contributed by atoms with Crippen LogP contribution in [0.2, 0.25) is 0 Å². The number of carbonyl (C=O) groups is 2. The average molecular weight is 463 g/mol. The van der Waals surface area contributed by atoms with E-state index in [0.29, 0.717) is 48.5 Å². The number of methoxy groups -OCH3 is 2. The van der Waals surface area contributed by atoms with E-state index in [1.807, 2.05) is 13.8 Å². The molecule has 9 nitrogen and oxygen atoms in total. The highest BCUT2D eigenvalue weighted by molar-refractivity contribution is 7.15. The van der Waals surface area contributed by atoms with Gasteiger partial charge >= 0.3 is 0 Å². The molecule has 0 atom stereocenters. The zero-order valence-corrected chi connectivity index (χ0v) is 19.8. The number of nitrogens with zero attached hydrogens (tertiary/aromatic N) is 3. The summed E-state index contributed by atoms with van der Waals surface area (Å²) in [5, 5.41) is 3.35. The number of hydrogen-bond donors (Lipinski definition) is 1. The minimum absolute atomic E-state index is 0.0873. The van der Waals surface area contributed by atoms with Crippen LogP contribution in [0, 0.1) is 13.8 Å². The Kier molecular flexibility index (Phi) is 8.43. The topological polar surface area (TPSA) is 93.2 Å². The lowest BCUT2D eigenvalue weighted by atomic mass is 10.1. The molecule has 0 aliphatic carbocycles. The Morgan fingerprint density at radius 3 is 2.59 bits per heavy atom. The van der Waals surface area contributed by atoms with Crippen LogP contribution in [0.25, 0.3) is 0 Å². The van der Waals surface area contributed by atoms with E-state index in [4.69, 9.17) is 14.2 Å². The molecule has 3 rings (SSSR count). The van der Waals surface area contributed by atoms with Gasteiger partial charge in [-0.05, 0) is 26.0 Å². The van der Waals surface area contributed by atoms with Crippen LogP contribution < -0.4 is 14.8 Å². The summed E-state index contributed by atoms with van der Waals surface area (Å²) in [6.07, 6.45) is 0. The smallest absolute Gasteiger partial charge is 0.258 e. The van der Waals surface area contributed by atoms with Crippen LogP contribution in [-0.4, -0.2) is 86.8 Å². The number of aromatic nitrogens is 1. The summed E-state index contributed by atoms with van der Waals surface area (Å²) in [5.41, 5.74) is 1.26. The normalized spacial score (nSPS) is 14.1. The van der Waals surface area contributed by atoms with Gasteiger partial charge in [0.25, 0.3) is 5.91 Å². The molecule has 10 heteroatoms. The number of nitrogens with one attached hydrogen (secondary N) is 1. The van der Waals surface area contributed by atoms with Crippen LogP contribution in [-0.2, 0) is 9.53 Å². The summed E-state index contributed by atoms with van der Waals surface area (Å²) in [5.74, 6) is 0.420. The van der Waals surface area contributed by atoms with Crippen LogP contribution in [0.3, 0.4) is 0 Å². The Bertz CT molecular complexity index is 923. The minimum Gasteiger partial charge on any atom is -0.497 e. The molecule has 2 heterocycles. The Morgan fingerprint density at radius 2 is 1.97 bits per heavy atom. The lowest BCUT2D eigenvalue weighted by Crippen LogP contribution is -2.45. The molecule has 2 aromatic rings. The van der Waals surface area contributed by atoms with E-state index in [1.165, 1.54) is 18.4 Å². The van der Waals surface area contributed by atoms with E-state index in [1.54, 1.807) is 30.2 Å². The standard InChI is InChI=1S/C22H30N4O5S/c1-15-16(2)32-22(23-15)24-20(27)14-26(8-7-25-9-11-31-12-10-25)21(28)18-6-5-17(29-3)13-19(18)30-4/h5-6,13H,7-12,14H2,1-4H3,(H,23,24,27). The van der Waals surface area contributed by atoms with Crippen molar-refractivity contribution in [3.8, 4) is 11.5 Å². The Morgan fingerprint density at radius 1 is 1.22 bits per heavy atom. The number of morpholine rings is 1. The SMILES string of the molecule is COc1ccc(C(=O)N(CCN2CCOCC2)CC(=O)Nc2nc(C)c(C)s2)c(OC)c1. The third-order valence-corrected chi connectivity index (χ3v) is 6.31. The molecule has 0 spiro atoms. The molecule has 1 aliphatic rings. The highest BCUT2D eigenvalue weighted by atomic mass is 32.1. The van der Waals surface area contributed by atoms with Gasteiger partial charge in [-0.3, -0.25) is 14.5 Å². The molecule has 2 amide bonds. The van der Waals surface area contributed by atoms with Crippen LogP contribution >= 0.6 is 11.3 Å². The number of benzene rings is 1. The van der Waals surface area contributed by atoms with Crippen molar-refractivity contribution in [3.05, 3.63) is 34.3 Å². The van der Waals surface area contributed by atoms with Crippen LogP contribution in [0.15, 0.2) is 18.2 Å². The first-order valence-electron chi connectivity index (χ1n) is 10.5. The van der Waals surface area contributed by atoms with E-state index < -0.39 is 0 Å². The molecule has 0 radical (unpaired) electrons. The summed E-state index contributed by atoms with van der Waals surface area (Å²) in [6, 6.07) is 5.03. The number of rotatable bonds is 9. The summed E-state index contributed by atoms with van der Waals surface area (Å²) >= 11 is 1.42. The van der Waals surface area contributed by atoms with E-state index >= 15 is 0 Å². The Hall–Kier alpha value is -2.69. The molecule has 1 fully saturated rings. The largest absolute Gasteiger partial charge is 0.497 e. The predicted octanol–water partition coefficient (Wildman–Crippen LogP) is 2.19. The lowest BCUT2D eigenvalue weighted by molar-refractivity contribution is -0.117. The molecule has 32 heavy (non-hydrogen) atoms. The first-order valence-corrected chi connectivity index (χ1v) is 11.3. The number of thiazole rings is 1. The molecule has 1 saturated heterocycles. The predicted molar refractivity (Wildman–Crippen MR) is 123 cm³/mol. The first-order chi connectivity index (χ1) is 15.4. The maximum absolute atomic E-state index is 13.4. The van der Waals surface area contributed by atoms with Gasteiger partial charge in [0.05, 0.1) is 38.7 Å². The molecular formula is C22H30N4O5S. The van der Waals surface area contributed by atoms with Crippen molar-refractivity contribution in [2.24, 2.45) is 0 Å². The Balaban J connectivity index is 1.75. The number of amides is 2. The third kappa shape index (κ3) is 6.18. The summed E-state index contributed by atoms with van der Waals surface area (Å²) in [6.45, 7) is 7.76. The monoisotopic (exact) mass is 462 g/mol. The van der Waals surface area contributed by atoms with E-state index in [0.717, 1.165) is 23.7 Å². The first kappa shape index (κ1) is 24.0. The van der Waals surface area contributed by atoms with Gasteiger partial charge in [0.1, 0.15) is 18.0 Å². The van der Waals surface area contributed by atoms with Gasteiger partial charge in [-0.25, -0.2) is 4.98 Å². The molecule has 1 aromatic heterocycles. The van der Waals surface area contributed by atoms with Gasteiger partial charge in [0, 0.05) is 37.1 Å². The maximum Gasteiger partial charge on any atom is 0.258 e. The van der Waals surface area contributed by atoms with Gasteiger partial charge in [0.2, 0.25) is 5.91 Å². The number of aryl methyl sites for hydroxylation is 2. The number of ether oxygens (including phenoxy) is 3. The molecule has 1 aromatic carbocycles. The van der Waals surface area contributed by atoms with Crippen molar-refractivity contribution < 1.29 is 23.8 Å². The maximum atomic E-state index is 13.4. The van der Waals surface area contributed by atoms with Crippen LogP contribution in [0.4, 0.5) is 5.13 Å². The third-order valence-electron chi connectivity index (χ3n) is 5.33. The molecule has 0 unspecified atom stereocenters. The second-order valence-corrected chi connectivity index (χ2v) is 8.66. The van der Waals surface area contributed by atoms with Crippen molar-refractivity contribution in [2.45, 2.75) is 13.8 Å². The van der Waals surface area contributed by atoms with Crippen molar-refractivity contribution in [2.75, 3.05) is 65.5 Å². The fourth-order valence-corrected chi connectivity index (χ4v) is 4.17. The minimum atomic E-state index is -0.290.